The molecule has 1 aromatic carbocycles. The van der Waals surface area contributed by atoms with Crippen LogP contribution in [0.5, 0.6) is 0 Å². The van der Waals surface area contributed by atoms with E-state index in [1.165, 1.54) is 10.6 Å². The molecule has 1 aliphatic heterocycles. The van der Waals surface area contributed by atoms with Crippen LogP contribution in [0.3, 0.4) is 0 Å². The second-order valence-electron chi connectivity index (χ2n) is 3.91. The molecule has 1 aliphatic rings. The summed E-state index contributed by atoms with van der Waals surface area (Å²) in [6.07, 6.45) is 0.927. The molecular weight excluding hydrogens is 190 g/mol. The standard InChI is InChI=1S/C12H15NO2/c1-9-4-5-11(10(2)8-9)12(14)13-6-3-7-15-13/h4-5,8H,3,6-7H2,1-2H3. The highest BCUT2D eigenvalue weighted by Crippen LogP contribution is 2.15. The van der Waals surface area contributed by atoms with E-state index in [1.54, 1.807) is 0 Å². The number of hydroxylamine groups is 2. The fraction of sp³-hybridized carbons (Fsp3) is 0.417. The molecule has 1 saturated heterocycles. The van der Waals surface area contributed by atoms with Gasteiger partial charge in [0.2, 0.25) is 0 Å². The largest absolute Gasteiger partial charge is 0.277 e. The first kappa shape index (κ1) is 10.2. The molecule has 2 rings (SSSR count). The Balaban J connectivity index is 2.24. The van der Waals surface area contributed by atoms with Crippen molar-refractivity contribution in [3.8, 4) is 0 Å². The van der Waals surface area contributed by atoms with Crippen molar-refractivity contribution in [3.05, 3.63) is 34.9 Å². The number of aryl methyl sites for hydroxylation is 2. The van der Waals surface area contributed by atoms with Crippen molar-refractivity contribution in [2.45, 2.75) is 20.3 Å². The molecule has 0 spiro atoms. The van der Waals surface area contributed by atoms with Gasteiger partial charge in [-0.3, -0.25) is 9.63 Å². The summed E-state index contributed by atoms with van der Waals surface area (Å²) in [5, 5.41) is 1.46. The van der Waals surface area contributed by atoms with Gasteiger partial charge in [0, 0.05) is 5.56 Å². The van der Waals surface area contributed by atoms with Crippen molar-refractivity contribution in [1.82, 2.24) is 5.06 Å². The van der Waals surface area contributed by atoms with E-state index in [4.69, 9.17) is 4.84 Å². The van der Waals surface area contributed by atoms with Crippen LogP contribution in [0, 0.1) is 13.8 Å². The summed E-state index contributed by atoms with van der Waals surface area (Å²) in [5.41, 5.74) is 2.92. The van der Waals surface area contributed by atoms with E-state index in [-0.39, 0.29) is 5.91 Å². The third-order valence-electron chi connectivity index (χ3n) is 2.59. The van der Waals surface area contributed by atoms with Gasteiger partial charge >= 0.3 is 0 Å². The number of carbonyl (C=O) groups excluding carboxylic acids is 1. The quantitative estimate of drug-likeness (QED) is 0.702. The van der Waals surface area contributed by atoms with Gasteiger partial charge < -0.3 is 0 Å². The molecule has 0 radical (unpaired) electrons. The van der Waals surface area contributed by atoms with Gasteiger partial charge in [0.25, 0.3) is 5.91 Å². The molecule has 0 saturated carbocycles. The molecule has 0 atom stereocenters. The number of hydrogen-bond acceptors (Lipinski definition) is 2. The number of amides is 1. The topological polar surface area (TPSA) is 29.5 Å². The maximum Gasteiger partial charge on any atom is 0.277 e. The molecule has 1 heterocycles. The van der Waals surface area contributed by atoms with Crippen LogP contribution >= 0.6 is 0 Å². The number of rotatable bonds is 1. The second-order valence-corrected chi connectivity index (χ2v) is 3.91. The van der Waals surface area contributed by atoms with Crippen LogP contribution in [-0.2, 0) is 4.84 Å². The highest BCUT2D eigenvalue weighted by atomic mass is 16.7. The van der Waals surface area contributed by atoms with Crippen molar-refractivity contribution in [3.63, 3.8) is 0 Å². The van der Waals surface area contributed by atoms with Gasteiger partial charge in [-0.25, -0.2) is 5.06 Å². The van der Waals surface area contributed by atoms with Gasteiger partial charge in [0.05, 0.1) is 13.2 Å². The minimum absolute atomic E-state index is 0.0231. The van der Waals surface area contributed by atoms with Crippen LogP contribution in [0.4, 0.5) is 0 Å². The lowest BCUT2D eigenvalue weighted by molar-refractivity contribution is -0.0768. The van der Waals surface area contributed by atoms with Crippen LogP contribution in [0.1, 0.15) is 27.9 Å². The van der Waals surface area contributed by atoms with Crippen LogP contribution in [0.2, 0.25) is 0 Å². The highest BCUT2D eigenvalue weighted by Gasteiger charge is 2.21. The van der Waals surface area contributed by atoms with Gasteiger partial charge in [-0.2, -0.15) is 0 Å². The number of benzene rings is 1. The van der Waals surface area contributed by atoms with Crippen LogP contribution in [0.25, 0.3) is 0 Å². The summed E-state index contributed by atoms with van der Waals surface area (Å²) in [6, 6.07) is 5.84. The molecule has 0 aromatic heterocycles. The zero-order valence-electron chi connectivity index (χ0n) is 9.12. The summed E-state index contributed by atoms with van der Waals surface area (Å²) in [5.74, 6) is -0.0231. The predicted molar refractivity (Wildman–Crippen MR) is 57.5 cm³/mol. The molecule has 0 unspecified atom stereocenters. The smallest absolute Gasteiger partial charge is 0.271 e. The first-order valence-corrected chi connectivity index (χ1v) is 5.20. The maximum absolute atomic E-state index is 12.0. The van der Waals surface area contributed by atoms with E-state index in [1.807, 2.05) is 32.0 Å². The lowest BCUT2D eigenvalue weighted by Gasteiger charge is -2.15. The minimum Gasteiger partial charge on any atom is -0.271 e. The molecule has 3 heteroatoms. The molecular formula is C12H15NO2. The Bertz CT molecular complexity index is 381. The Morgan fingerprint density at radius 1 is 1.40 bits per heavy atom. The van der Waals surface area contributed by atoms with E-state index in [0.717, 1.165) is 17.5 Å². The zero-order valence-corrected chi connectivity index (χ0v) is 9.12. The first-order chi connectivity index (χ1) is 7.18. The Kier molecular flexibility index (Phi) is 2.73. The molecule has 0 N–H and O–H groups in total. The summed E-state index contributed by atoms with van der Waals surface area (Å²) < 4.78 is 0. The highest BCUT2D eigenvalue weighted by molar-refractivity contribution is 5.95. The molecule has 1 fully saturated rings. The van der Waals surface area contributed by atoms with Crippen molar-refractivity contribution in [2.24, 2.45) is 0 Å². The third-order valence-corrected chi connectivity index (χ3v) is 2.59. The van der Waals surface area contributed by atoms with Gasteiger partial charge in [-0.15, -0.1) is 0 Å². The zero-order chi connectivity index (χ0) is 10.8. The Labute approximate surface area is 89.6 Å². The van der Waals surface area contributed by atoms with Crippen LogP contribution < -0.4 is 0 Å². The molecule has 1 aromatic rings. The van der Waals surface area contributed by atoms with Crippen molar-refractivity contribution < 1.29 is 9.63 Å². The number of nitrogens with zero attached hydrogens (tertiary/aromatic N) is 1. The van der Waals surface area contributed by atoms with Crippen LogP contribution in [0.15, 0.2) is 18.2 Å². The third kappa shape index (κ3) is 2.02. The molecule has 3 nitrogen and oxygen atoms in total. The Morgan fingerprint density at radius 3 is 2.80 bits per heavy atom. The van der Waals surface area contributed by atoms with Crippen molar-refractivity contribution in [1.29, 1.82) is 0 Å². The van der Waals surface area contributed by atoms with Crippen molar-refractivity contribution in [2.75, 3.05) is 13.2 Å². The maximum atomic E-state index is 12.0. The van der Waals surface area contributed by atoms with Gasteiger partial charge in [0.1, 0.15) is 0 Å². The van der Waals surface area contributed by atoms with Gasteiger partial charge in [-0.05, 0) is 31.9 Å². The Morgan fingerprint density at radius 2 is 2.20 bits per heavy atom. The molecule has 15 heavy (non-hydrogen) atoms. The van der Waals surface area contributed by atoms with Gasteiger partial charge in [0.15, 0.2) is 0 Å². The molecule has 80 valence electrons. The number of carbonyl (C=O) groups is 1. The van der Waals surface area contributed by atoms with E-state index in [0.29, 0.717) is 13.2 Å². The summed E-state index contributed by atoms with van der Waals surface area (Å²) in [4.78, 5) is 17.2. The van der Waals surface area contributed by atoms with Gasteiger partial charge in [-0.1, -0.05) is 17.7 Å². The Hall–Kier alpha value is -1.35. The van der Waals surface area contributed by atoms with Crippen LogP contribution in [-0.4, -0.2) is 24.1 Å². The fourth-order valence-corrected chi connectivity index (χ4v) is 1.80. The fourth-order valence-electron chi connectivity index (χ4n) is 1.80. The van der Waals surface area contributed by atoms with E-state index < -0.39 is 0 Å². The lowest BCUT2D eigenvalue weighted by atomic mass is 10.1. The average molecular weight is 205 g/mol. The van der Waals surface area contributed by atoms with E-state index in [9.17, 15) is 4.79 Å². The first-order valence-electron chi connectivity index (χ1n) is 5.20. The lowest BCUT2D eigenvalue weighted by Crippen LogP contribution is -2.27. The van der Waals surface area contributed by atoms with E-state index >= 15 is 0 Å². The SMILES string of the molecule is Cc1ccc(C(=O)N2CCCO2)c(C)c1. The molecule has 0 aliphatic carbocycles. The van der Waals surface area contributed by atoms with E-state index in [2.05, 4.69) is 0 Å². The summed E-state index contributed by atoms with van der Waals surface area (Å²) in [7, 11) is 0. The predicted octanol–water partition coefficient (Wildman–Crippen LogP) is 2.08. The number of hydrogen-bond donors (Lipinski definition) is 0. The van der Waals surface area contributed by atoms with Crippen molar-refractivity contribution >= 4 is 5.91 Å². The summed E-state index contributed by atoms with van der Waals surface area (Å²) >= 11 is 0. The molecule has 1 amide bonds. The second kappa shape index (κ2) is 4.03. The normalized spacial score (nSPS) is 15.7. The molecule has 0 bridgehead atoms. The monoisotopic (exact) mass is 205 g/mol. The summed E-state index contributed by atoms with van der Waals surface area (Å²) in [6.45, 7) is 5.33. The minimum atomic E-state index is -0.0231. The average Bonchev–Trinajstić information content (AvgIpc) is 2.69.